The third-order valence-corrected chi connectivity index (χ3v) is 7.57. The maximum atomic E-state index is 12.5. The Bertz CT molecular complexity index is 896. The first-order chi connectivity index (χ1) is 14.5. The fourth-order valence-electron chi connectivity index (χ4n) is 4.23. The molecule has 0 radical (unpaired) electrons. The maximum Gasteiger partial charge on any atom is 0.235 e. The molecule has 1 atom stereocenters. The molecule has 3 aliphatic rings. The van der Waals surface area contributed by atoms with E-state index in [1.807, 2.05) is 0 Å². The van der Waals surface area contributed by atoms with Crippen LogP contribution in [0.3, 0.4) is 0 Å². The minimum atomic E-state index is -3.57. The van der Waals surface area contributed by atoms with Crippen molar-refractivity contribution in [3.05, 3.63) is 28.6 Å². The molecule has 3 fully saturated rings. The first-order valence-electron chi connectivity index (χ1n) is 10.7. The lowest BCUT2D eigenvalue weighted by molar-refractivity contribution is -0.158. The lowest BCUT2D eigenvalue weighted by atomic mass is 9.93. The average molecular weight is 436 g/mol. The van der Waals surface area contributed by atoms with Gasteiger partial charge in [-0.15, -0.1) is 0 Å². The van der Waals surface area contributed by atoms with Gasteiger partial charge in [-0.2, -0.15) is 0 Å². The molecule has 9 nitrogen and oxygen atoms in total. The number of hydrogen-bond donors (Lipinski definition) is 1. The van der Waals surface area contributed by atoms with E-state index in [0.717, 1.165) is 50.9 Å². The van der Waals surface area contributed by atoms with Gasteiger partial charge in [-0.3, -0.25) is 4.72 Å². The lowest BCUT2D eigenvalue weighted by Crippen LogP contribution is -2.34. The molecule has 4 rings (SSSR count). The number of ether oxygens (including phenoxy) is 2. The van der Waals surface area contributed by atoms with Crippen LogP contribution in [0.4, 0.5) is 17.1 Å². The number of azide groups is 1. The van der Waals surface area contributed by atoms with Gasteiger partial charge in [0.25, 0.3) is 0 Å². The van der Waals surface area contributed by atoms with Gasteiger partial charge >= 0.3 is 0 Å². The Labute approximate surface area is 177 Å². The Morgan fingerprint density at radius 2 is 2.07 bits per heavy atom. The molecular formula is C20H29N5O4S. The third-order valence-electron chi connectivity index (χ3n) is 6.32. The van der Waals surface area contributed by atoms with Gasteiger partial charge in [-0.05, 0) is 74.1 Å². The predicted molar refractivity (Wildman–Crippen MR) is 115 cm³/mol. The molecule has 2 saturated heterocycles. The van der Waals surface area contributed by atoms with Crippen molar-refractivity contribution in [2.75, 3.05) is 41.7 Å². The number of benzene rings is 1. The van der Waals surface area contributed by atoms with Crippen molar-refractivity contribution < 1.29 is 17.9 Å². The number of sulfonamides is 1. The molecule has 164 valence electrons. The number of rotatable bonds is 8. The first-order valence-corrected chi connectivity index (χ1v) is 12.3. The largest absolute Gasteiger partial charge is 0.371 e. The van der Waals surface area contributed by atoms with Crippen LogP contribution in [0.2, 0.25) is 0 Å². The average Bonchev–Trinajstić information content (AvgIpc) is 3.49. The zero-order chi connectivity index (χ0) is 21.0. The molecule has 2 aliphatic heterocycles. The molecule has 30 heavy (non-hydrogen) atoms. The summed E-state index contributed by atoms with van der Waals surface area (Å²) in [6.07, 6.45) is 7.40. The van der Waals surface area contributed by atoms with Gasteiger partial charge in [0.05, 0.1) is 23.7 Å². The fourth-order valence-corrected chi connectivity index (χ4v) is 5.14. The van der Waals surface area contributed by atoms with E-state index < -0.39 is 10.0 Å². The zero-order valence-corrected chi connectivity index (χ0v) is 17.9. The summed E-state index contributed by atoms with van der Waals surface area (Å²) in [5, 5.41) is 3.80. The van der Waals surface area contributed by atoms with Gasteiger partial charge < -0.3 is 14.4 Å². The molecule has 1 saturated carbocycles. The van der Waals surface area contributed by atoms with Gasteiger partial charge in [0.2, 0.25) is 10.0 Å². The Morgan fingerprint density at radius 3 is 2.73 bits per heavy atom. The fraction of sp³-hybridized carbons (Fsp3) is 0.700. The van der Waals surface area contributed by atoms with Crippen molar-refractivity contribution in [3.63, 3.8) is 0 Å². The molecule has 2 heterocycles. The van der Waals surface area contributed by atoms with Gasteiger partial charge in [0, 0.05) is 30.3 Å². The van der Waals surface area contributed by atoms with E-state index in [2.05, 4.69) is 19.6 Å². The lowest BCUT2D eigenvalue weighted by Gasteiger charge is -2.34. The van der Waals surface area contributed by atoms with Crippen LogP contribution in [-0.2, 0) is 19.5 Å². The summed E-state index contributed by atoms with van der Waals surface area (Å²) >= 11 is 0. The summed E-state index contributed by atoms with van der Waals surface area (Å²) in [5.41, 5.74) is 11.2. The second kappa shape index (κ2) is 9.01. The summed E-state index contributed by atoms with van der Waals surface area (Å²) < 4.78 is 38.6. The molecule has 0 bridgehead atoms. The van der Waals surface area contributed by atoms with E-state index in [-0.39, 0.29) is 18.6 Å². The minimum absolute atomic E-state index is 0.0812. The van der Waals surface area contributed by atoms with E-state index in [9.17, 15) is 8.42 Å². The van der Waals surface area contributed by atoms with Crippen LogP contribution in [0.1, 0.15) is 44.9 Å². The minimum Gasteiger partial charge on any atom is -0.371 e. The summed E-state index contributed by atoms with van der Waals surface area (Å²) in [6, 6.07) is 5.06. The molecule has 0 amide bonds. The van der Waals surface area contributed by atoms with Crippen LogP contribution in [0.15, 0.2) is 23.3 Å². The van der Waals surface area contributed by atoms with Crippen molar-refractivity contribution in [3.8, 4) is 0 Å². The standard InChI is InChI=1S/C20H29N5O4S/c21-24-22-17-5-4-16(15-18(17)25-10-8-20(6-7-20)9-11-25)23-30(26,27)14-13-29-19-3-1-2-12-28-19/h4-5,15,19,23H,1-3,6-14H2. The van der Waals surface area contributed by atoms with Crippen LogP contribution in [0, 0.1) is 5.41 Å². The van der Waals surface area contributed by atoms with Gasteiger partial charge in [0.1, 0.15) is 0 Å². The van der Waals surface area contributed by atoms with Gasteiger partial charge in [-0.1, -0.05) is 5.11 Å². The Morgan fingerprint density at radius 1 is 1.27 bits per heavy atom. The number of nitrogens with zero attached hydrogens (tertiary/aromatic N) is 4. The predicted octanol–water partition coefficient (Wildman–Crippen LogP) is 4.29. The monoisotopic (exact) mass is 435 g/mol. The Hall–Kier alpha value is -2.00. The molecule has 10 heteroatoms. The smallest absolute Gasteiger partial charge is 0.235 e. The maximum absolute atomic E-state index is 12.5. The zero-order valence-electron chi connectivity index (χ0n) is 17.1. The summed E-state index contributed by atoms with van der Waals surface area (Å²) in [6.45, 7) is 2.52. The molecule has 1 unspecified atom stereocenters. The molecule has 1 aliphatic carbocycles. The second-order valence-electron chi connectivity index (χ2n) is 8.47. The first kappa shape index (κ1) is 21.2. The second-order valence-corrected chi connectivity index (χ2v) is 10.3. The molecule has 1 spiro atoms. The molecular weight excluding hydrogens is 406 g/mol. The van der Waals surface area contributed by atoms with Gasteiger partial charge in [0.15, 0.2) is 6.29 Å². The highest BCUT2D eigenvalue weighted by molar-refractivity contribution is 7.92. The van der Waals surface area contributed by atoms with Crippen LogP contribution < -0.4 is 9.62 Å². The third kappa shape index (κ3) is 5.37. The summed E-state index contributed by atoms with van der Waals surface area (Å²) in [4.78, 5) is 5.11. The SMILES string of the molecule is [N-]=[N+]=Nc1ccc(NS(=O)(=O)CCOC2CCCCO2)cc1N1CCC2(CC1)CC2. The summed E-state index contributed by atoms with van der Waals surface area (Å²) in [7, 11) is -3.57. The number of piperidine rings is 1. The topological polar surface area (TPSA) is 117 Å². The van der Waals surface area contributed by atoms with Crippen LogP contribution in [-0.4, -0.2) is 46.8 Å². The normalized spacial score (nSPS) is 23.1. The van der Waals surface area contributed by atoms with Gasteiger partial charge in [-0.25, -0.2) is 8.42 Å². The van der Waals surface area contributed by atoms with E-state index in [4.69, 9.17) is 15.0 Å². The number of nitrogens with one attached hydrogen (secondary N) is 1. The Balaban J connectivity index is 1.39. The number of hydrogen-bond acceptors (Lipinski definition) is 6. The van der Waals surface area contributed by atoms with Crippen LogP contribution in [0.5, 0.6) is 0 Å². The summed E-state index contributed by atoms with van der Waals surface area (Å²) in [5.74, 6) is -0.146. The van der Waals surface area contributed by atoms with Crippen molar-refractivity contribution in [1.82, 2.24) is 0 Å². The van der Waals surface area contributed by atoms with Crippen LogP contribution in [0.25, 0.3) is 10.4 Å². The number of anilines is 2. The van der Waals surface area contributed by atoms with E-state index in [0.29, 0.717) is 23.4 Å². The van der Waals surface area contributed by atoms with E-state index in [1.54, 1.807) is 18.2 Å². The van der Waals surface area contributed by atoms with E-state index >= 15 is 0 Å². The van der Waals surface area contributed by atoms with Crippen LogP contribution >= 0.6 is 0 Å². The highest BCUT2D eigenvalue weighted by Gasteiger charge is 2.44. The van der Waals surface area contributed by atoms with Crippen molar-refractivity contribution in [2.24, 2.45) is 10.5 Å². The molecule has 1 aromatic rings. The molecule has 0 aromatic heterocycles. The van der Waals surface area contributed by atoms with E-state index in [1.165, 1.54) is 12.8 Å². The molecule has 1 aromatic carbocycles. The van der Waals surface area contributed by atoms with Crippen molar-refractivity contribution >= 4 is 27.1 Å². The highest BCUT2D eigenvalue weighted by Crippen LogP contribution is 2.54. The Kier molecular flexibility index (Phi) is 6.38. The highest BCUT2D eigenvalue weighted by atomic mass is 32.2. The van der Waals surface area contributed by atoms with Crippen molar-refractivity contribution in [1.29, 1.82) is 0 Å². The molecule has 1 N–H and O–H groups in total. The van der Waals surface area contributed by atoms with Crippen molar-refractivity contribution in [2.45, 2.75) is 51.2 Å². The quantitative estimate of drug-likeness (QED) is 0.371.